The van der Waals surface area contributed by atoms with Gasteiger partial charge in [0.15, 0.2) is 5.96 Å². The predicted octanol–water partition coefficient (Wildman–Crippen LogP) is 2.00. The van der Waals surface area contributed by atoms with Crippen molar-refractivity contribution in [2.24, 2.45) is 4.99 Å². The summed E-state index contributed by atoms with van der Waals surface area (Å²) >= 11 is 1.70. The van der Waals surface area contributed by atoms with Gasteiger partial charge in [-0.3, -0.25) is 0 Å². The molecule has 0 aliphatic rings. The third kappa shape index (κ3) is 4.56. The zero-order chi connectivity index (χ0) is 12.7. The smallest absolute Gasteiger partial charge is 0.191 e. The van der Waals surface area contributed by atoms with E-state index in [9.17, 15) is 0 Å². The van der Waals surface area contributed by atoms with Crippen molar-refractivity contribution in [1.29, 1.82) is 0 Å². The number of hydrogen-bond donors (Lipinski definition) is 2. The van der Waals surface area contributed by atoms with Crippen LogP contribution in [0, 0.1) is 13.8 Å². The summed E-state index contributed by atoms with van der Waals surface area (Å²) in [5.74, 6) is 0.804. The van der Waals surface area contributed by atoms with Crippen LogP contribution in [-0.4, -0.2) is 24.0 Å². The lowest BCUT2D eigenvalue weighted by atomic mass is 10.4. The van der Waals surface area contributed by atoms with Crippen LogP contribution in [0.4, 0.5) is 0 Å². The van der Waals surface area contributed by atoms with Crippen LogP contribution in [0.3, 0.4) is 0 Å². The number of rotatable bonds is 5. The molecule has 0 aromatic carbocycles. The molecule has 1 aromatic rings. The minimum Gasteiger partial charge on any atom is -0.357 e. The number of thiazole rings is 1. The van der Waals surface area contributed by atoms with Gasteiger partial charge in [-0.15, -0.1) is 17.9 Å². The molecule has 0 radical (unpaired) electrons. The number of aliphatic imine (C=N–C) groups is 1. The molecular formula is C12H20N4S. The number of nitrogens with zero attached hydrogens (tertiary/aromatic N) is 2. The molecule has 94 valence electrons. The van der Waals surface area contributed by atoms with E-state index >= 15 is 0 Å². The van der Waals surface area contributed by atoms with Gasteiger partial charge >= 0.3 is 0 Å². The van der Waals surface area contributed by atoms with E-state index in [-0.39, 0.29) is 0 Å². The molecule has 4 nitrogen and oxygen atoms in total. The fourth-order valence-corrected chi connectivity index (χ4v) is 2.12. The normalized spacial score (nSPS) is 11.4. The monoisotopic (exact) mass is 252 g/mol. The first kappa shape index (κ1) is 13.7. The lowest BCUT2D eigenvalue weighted by Crippen LogP contribution is -2.37. The summed E-state index contributed by atoms with van der Waals surface area (Å²) < 4.78 is 0. The van der Waals surface area contributed by atoms with Gasteiger partial charge in [0, 0.05) is 18.0 Å². The van der Waals surface area contributed by atoms with Crippen molar-refractivity contribution in [1.82, 2.24) is 15.6 Å². The van der Waals surface area contributed by atoms with E-state index in [1.54, 1.807) is 11.3 Å². The molecule has 0 fully saturated rings. The summed E-state index contributed by atoms with van der Waals surface area (Å²) in [5, 5.41) is 7.39. The average Bonchev–Trinajstić information content (AvgIpc) is 2.62. The second-order valence-corrected chi connectivity index (χ2v) is 4.90. The predicted molar refractivity (Wildman–Crippen MR) is 74.6 cm³/mol. The van der Waals surface area contributed by atoms with Crippen LogP contribution < -0.4 is 10.6 Å². The Bertz CT molecular complexity index is 376. The summed E-state index contributed by atoms with van der Waals surface area (Å²) in [6, 6.07) is 0. The minimum absolute atomic E-state index is 0.617. The van der Waals surface area contributed by atoms with Gasteiger partial charge in [-0.1, -0.05) is 6.08 Å². The Kier molecular flexibility index (Phi) is 5.69. The van der Waals surface area contributed by atoms with Crippen LogP contribution >= 0.6 is 11.3 Å². The summed E-state index contributed by atoms with van der Waals surface area (Å²) in [7, 11) is 0. The maximum Gasteiger partial charge on any atom is 0.191 e. The summed E-state index contributed by atoms with van der Waals surface area (Å²) in [4.78, 5) is 10.2. The SMILES string of the molecule is C=CCNC(=NCc1nc(C)c(C)s1)NCC. The highest BCUT2D eigenvalue weighted by Crippen LogP contribution is 2.16. The van der Waals surface area contributed by atoms with Gasteiger partial charge in [0.05, 0.1) is 12.2 Å². The van der Waals surface area contributed by atoms with Crippen LogP contribution in [0.5, 0.6) is 0 Å². The number of aryl methyl sites for hydroxylation is 2. The van der Waals surface area contributed by atoms with Crippen molar-refractivity contribution in [3.8, 4) is 0 Å². The molecule has 17 heavy (non-hydrogen) atoms. The second-order valence-electron chi connectivity index (χ2n) is 3.61. The maximum absolute atomic E-state index is 4.47. The Morgan fingerprint density at radius 3 is 2.76 bits per heavy atom. The molecule has 0 amide bonds. The number of nitrogens with one attached hydrogen (secondary N) is 2. The van der Waals surface area contributed by atoms with Crippen LogP contribution in [0.1, 0.15) is 22.5 Å². The first-order valence-corrected chi connectivity index (χ1v) is 6.55. The third-order valence-corrected chi connectivity index (χ3v) is 3.26. The van der Waals surface area contributed by atoms with Crippen LogP contribution in [0.2, 0.25) is 0 Å². The van der Waals surface area contributed by atoms with Crippen molar-refractivity contribution in [3.63, 3.8) is 0 Å². The summed E-state index contributed by atoms with van der Waals surface area (Å²) in [6.45, 7) is 12.0. The molecule has 1 rings (SSSR count). The Morgan fingerprint density at radius 1 is 1.47 bits per heavy atom. The van der Waals surface area contributed by atoms with Crippen molar-refractivity contribution in [2.75, 3.05) is 13.1 Å². The maximum atomic E-state index is 4.47. The highest BCUT2D eigenvalue weighted by atomic mass is 32.1. The van der Waals surface area contributed by atoms with Crippen molar-refractivity contribution in [3.05, 3.63) is 28.2 Å². The van der Waals surface area contributed by atoms with Crippen molar-refractivity contribution >= 4 is 17.3 Å². The van der Waals surface area contributed by atoms with E-state index in [1.807, 2.05) is 19.9 Å². The first-order valence-electron chi connectivity index (χ1n) is 5.73. The standard InChI is InChI=1S/C12H20N4S/c1-5-7-14-12(13-6-2)15-8-11-16-9(3)10(4)17-11/h5H,1,6-8H2,2-4H3,(H2,13,14,15). The minimum atomic E-state index is 0.617. The molecule has 0 spiro atoms. The molecule has 0 aliphatic carbocycles. The molecule has 0 saturated heterocycles. The van der Waals surface area contributed by atoms with Crippen LogP contribution in [0.15, 0.2) is 17.6 Å². The molecule has 0 bridgehead atoms. The molecule has 0 atom stereocenters. The van der Waals surface area contributed by atoms with Crippen LogP contribution in [0.25, 0.3) is 0 Å². The van der Waals surface area contributed by atoms with Gasteiger partial charge in [-0.25, -0.2) is 9.98 Å². The highest BCUT2D eigenvalue weighted by Gasteiger charge is 2.03. The number of hydrogen-bond acceptors (Lipinski definition) is 3. The van der Waals surface area contributed by atoms with E-state index < -0.39 is 0 Å². The third-order valence-electron chi connectivity index (χ3n) is 2.20. The fourth-order valence-electron chi connectivity index (χ4n) is 1.26. The molecule has 1 heterocycles. The Balaban J connectivity index is 2.60. The van der Waals surface area contributed by atoms with E-state index in [4.69, 9.17) is 0 Å². The summed E-state index contributed by atoms with van der Waals surface area (Å²) in [5.41, 5.74) is 1.10. The number of aromatic nitrogens is 1. The van der Waals surface area contributed by atoms with E-state index in [1.165, 1.54) is 4.88 Å². The Hall–Kier alpha value is -1.36. The van der Waals surface area contributed by atoms with Gasteiger partial charge < -0.3 is 10.6 Å². The zero-order valence-electron chi connectivity index (χ0n) is 10.7. The largest absolute Gasteiger partial charge is 0.357 e. The Labute approximate surface area is 107 Å². The lowest BCUT2D eigenvalue weighted by molar-refractivity contribution is 0.857. The fraction of sp³-hybridized carbons (Fsp3) is 0.500. The van der Waals surface area contributed by atoms with Gasteiger partial charge in [-0.05, 0) is 20.8 Å². The second kappa shape index (κ2) is 7.06. The van der Waals surface area contributed by atoms with E-state index in [0.29, 0.717) is 13.1 Å². The summed E-state index contributed by atoms with van der Waals surface area (Å²) in [6.07, 6.45) is 1.81. The topological polar surface area (TPSA) is 49.3 Å². The average molecular weight is 252 g/mol. The molecular weight excluding hydrogens is 232 g/mol. The van der Waals surface area contributed by atoms with E-state index in [0.717, 1.165) is 23.2 Å². The van der Waals surface area contributed by atoms with Crippen molar-refractivity contribution < 1.29 is 0 Å². The molecule has 1 aromatic heterocycles. The lowest BCUT2D eigenvalue weighted by Gasteiger charge is -2.08. The van der Waals surface area contributed by atoms with Gasteiger partial charge in [0.25, 0.3) is 0 Å². The Morgan fingerprint density at radius 2 is 2.24 bits per heavy atom. The highest BCUT2D eigenvalue weighted by molar-refractivity contribution is 7.11. The van der Waals surface area contributed by atoms with Crippen molar-refractivity contribution in [2.45, 2.75) is 27.3 Å². The molecule has 0 aliphatic heterocycles. The van der Waals surface area contributed by atoms with Gasteiger partial charge in [-0.2, -0.15) is 0 Å². The molecule has 2 N–H and O–H groups in total. The molecule has 0 unspecified atom stereocenters. The molecule has 5 heteroatoms. The first-order chi connectivity index (χ1) is 8.17. The van der Waals surface area contributed by atoms with Gasteiger partial charge in [0.1, 0.15) is 5.01 Å². The van der Waals surface area contributed by atoms with E-state index in [2.05, 4.69) is 34.1 Å². The number of guanidine groups is 1. The molecule has 0 saturated carbocycles. The quantitative estimate of drug-likeness (QED) is 0.479. The zero-order valence-corrected chi connectivity index (χ0v) is 11.5. The van der Waals surface area contributed by atoms with Crippen LogP contribution in [-0.2, 0) is 6.54 Å². The van der Waals surface area contributed by atoms with Gasteiger partial charge in [0.2, 0.25) is 0 Å².